The van der Waals surface area contributed by atoms with Crippen LogP contribution in [-0.4, -0.2) is 25.2 Å². The molecule has 2 aromatic rings. The summed E-state index contributed by atoms with van der Waals surface area (Å²) >= 11 is 0. The molecule has 1 atom stereocenters. The third-order valence-electron chi connectivity index (χ3n) is 3.95. The van der Waals surface area contributed by atoms with Crippen molar-refractivity contribution in [3.63, 3.8) is 0 Å². The molecule has 0 saturated carbocycles. The molecule has 0 bridgehead atoms. The summed E-state index contributed by atoms with van der Waals surface area (Å²) in [6, 6.07) is -0.353. The van der Waals surface area contributed by atoms with Crippen molar-refractivity contribution in [3.05, 3.63) is 26.7 Å². The van der Waals surface area contributed by atoms with E-state index >= 15 is 0 Å². The SMILES string of the molecule is CCn1c(C(C)(C)C)nc2c1c(=O)n(C(C)CN)c(=O)n2C. The van der Waals surface area contributed by atoms with Gasteiger partial charge in [0.15, 0.2) is 11.2 Å². The number of fused-ring (bicyclic) bond motifs is 1. The Kier molecular flexibility index (Phi) is 4.04. The third kappa shape index (κ3) is 2.29. The molecule has 0 aliphatic rings. The molecule has 7 heteroatoms. The van der Waals surface area contributed by atoms with Gasteiger partial charge in [-0.1, -0.05) is 20.8 Å². The summed E-state index contributed by atoms with van der Waals surface area (Å²) in [5.74, 6) is 0.801. The van der Waals surface area contributed by atoms with E-state index in [0.29, 0.717) is 17.7 Å². The summed E-state index contributed by atoms with van der Waals surface area (Å²) in [6.45, 7) is 10.7. The summed E-state index contributed by atoms with van der Waals surface area (Å²) in [6.07, 6.45) is 0. The number of nitrogens with zero attached hydrogens (tertiary/aromatic N) is 4. The predicted octanol–water partition coefficient (Wildman–Crippen LogP) is 0.734. The lowest BCUT2D eigenvalue weighted by molar-refractivity contribution is 0.498. The van der Waals surface area contributed by atoms with E-state index in [1.807, 2.05) is 32.3 Å². The second kappa shape index (κ2) is 5.39. The summed E-state index contributed by atoms with van der Waals surface area (Å²) in [5.41, 5.74) is 5.63. The van der Waals surface area contributed by atoms with Crippen LogP contribution in [-0.2, 0) is 19.0 Å². The van der Waals surface area contributed by atoms with Crippen LogP contribution in [0.25, 0.3) is 11.2 Å². The Balaban J connectivity index is 3.04. The van der Waals surface area contributed by atoms with E-state index in [4.69, 9.17) is 5.73 Å². The van der Waals surface area contributed by atoms with Crippen molar-refractivity contribution in [2.75, 3.05) is 6.54 Å². The van der Waals surface area contributed by atoms with Crippen LogP contribution in [0.2, 0.25) is 0 Å². The van der Waals surface area contributed by atoms with Gasteiger partial charge in [0.25, 0.3) is 5.56 Å². The molecule has 0 radical (unpaired) electrons. The van der Waals surface area contributed by atoms with Gasteiger partial charge in [-0.25, -0.2) is 9.78 Å². The van der Waals surface area contributed by atoms with Crippen molar-refractivity contribution in [1.29, 1.82) is 0 Å². The van der Waals surface area contributed by atoms with Gasteiger partial charge in [-0.2, -0.15) is 0 Å². The maximum atomic E-state index is 12.9. The first-order valence-electron chi connectivity index (χ1n) is 7.57. The first kappa shape index (κ1) is 16.5. The van der Waals surface area contributed by atoms with Crippen LogP contribution >= 0.6 is 0 Å². The summed E-state index contributed by atoms with van der Waals surface area (Å²) in [5, 5.41) is 0. The van der Waals surface area contributed by atoms with Crippen molar-refractivity contribution in [2.45, 2.75) is 52.6 Å². The highest BCUT2D eigenvalue weighted by Gasteiger charge is 2.26. The first-order valence-corrected chi connectivity index (χ1v) is 7.57. The van der Waals surface area contributed by atoms with Crippen LogP contribution in [0.5, 0.6) is 0 Å². The number of imidazole rings is 1. The van der Waals surface area contributed by atoms with E-state index in [1.165, 1.54) is 9.13 Å². The quantitative estimate of drug-likeness (QED) is 0.905. The van der Waals surface area contributed by atoms with Crippen molar-refractivity contribution in [1.82, 2.24) is 18.7 Å². The van der Waals surface area contributed by atoms with Crippen molar-refractivity contribution in [2.24, 2.45) is 12.8 Å². The molecule has 1 unspecified atom stereocenters. The Labute approximate surface area is 129 Å². The molecule has 0 aliphatic carbocycles. The molecule has 122 valence electrons. The molecule has 2 heterocycles. The normalized spacial score (nSPS) is 13.8. The van der Waals surface area contributed by atoms with Gasteiger partial charge in [0.1, 0.15) is 5.82 Å². The molecule has 0 aliphatic heterocycles. The number of hydrogen-bond donors (Lipinski definition) is 1. The van der Waals surface area contributed by atoms with Crippen molar-refractivity contribution in [3.8, 4) is 0 Å². The highest BCUT2D eigenvalue weighted by atomic mass is 16.2. The van der Waals surface area contributed by atoms with E-state index in [1.54, 1.807) is 14.0 Å². The Morgan fingerprint density at radius 2 is 1.86 bits per heavy atom. The average molecular weight is 307 g/mol. The van der Waals surface area contributed by atoms with E-state index in [2.05, 4.69) is 4.98 Å². The van der Waals surface area contributed by atoms with Gasteiger partial charge in [-0.15, -0.1) is 0 Å². The summed E-state index contributed by atoms with van der Waals surface area (Å²) < 4.78 is 4.56. The highest BCUT2D eigenvalue weighted by Crippen LogP contribution is 2.24. The largest absolute Gasteiger partial charge is 0.332 e. The molecule has 7 nitrogen and oxygen atoms in total. The summed E-state index contributed by atoms with van der Waals surface area (Å²) in [7, 11) is 1.64. The Morgan fingerprint density at radius 1 is 1.27 bits per heavy atom. The minimum atomic E-state index is -0.378. The van der Waals surface area contributed by atoms with Crippen molar-refractivity contribution >= 4 is 11.2 Å². The van der Waals surface area contributed by atoms with Gasteiger partial charge < -0.3 is 10.3 Å². The number of hydrogen-bond acceptors (Lipinski definition) is 4. The minimum Gasteiger partial charge on any atom is -0.328 e. The second-order valence-corrected chi connectivity index (χ2v) is 6.70. The minimum absolute atomic E-state index is 0.220. The lowest BCUT2D eigenvalue weighted by Crippen LogP contribution is -2.43. The fourth-order valence-electron chi connectivity index (χ4n) is 2.71. The van der Waals surface area contributed by atoms with Gasteiger partial charge in [-0.05, 0) is 13.8 Å². The molecule has 2 rings (SSSR count). The number of aromatic nitrogens is 4. The molecule has 22 heavy (non-hydrogen) atoms. The van der Waals surface area contributed by atoms with E-state index in [0.717, 1.165) is 5.82 Å². The lowest BCUT2D eigenvalue weighted by atomic mass is 9.96. The van der Waals surface area contributed by atoms with Crippen LogP contribution in [0.3, 0.4) is 0 Å². The van der Waals surface area contributed by atoms with Crippen LogP contribution in [0.4, 0.5) is 0 Å². The van der Waals surface area contributed by atoms with E-state index in [9.17, 15) is 9.59 Å². The molecule has 0 amide bonds. The zero-order valence-corrected chi connectivity index (χ0v) is 14.2. The smallest absolute Gasteiger partial charge is 0.328 e. The topological polar surface area (TPSA) is 87.8 Å². The average Bonchev–Trinajstić information content (AvgIpc) is 2.84. The van der Waals surface area contributed by atoms with Gasteiger partial charge in [0.2, 0.25) is 0 Å². The van der Waals surface area contributed by atoms with Crippen LogP contribution in [0.1, 0.15) is 46.5 Å². The van der Waals surface area contributed by atoms with Crippen LogP contribution < -0.4 is 17.0 Å². The maximum Gasteiger partial charge on any atom is 0.332 e. The van der Waals surface area contributed by atoms with Gasteiger partial charge in [-0.3, -0.25) is 13.9 Å². The molecule has 0 fully saturated rings. The standard InChI is InChI=1S/C15H25N5O2/c1-7-19-10-11(17-13(19)15(3,4)5)18(6)14(22)20(12(10)21)9(2)8-16/h9H,7-8,16H2,1-6H3. The maximum absolute atomic E-state index is 12.9. The highest BCUT2D eigenvalue weighted by molar-refractivity contribution is 5.71. The van der Waals surface area contributed by atoms with Gasteiger partial charge >= 0.3 is 5.69 Å². The Bertz CT molecular complexity index is 820. The second-order valence-electron chi connectivity index (χ2n) is 6.70. The van der Waals surface area contributed by atoms with Crippen LogP contribution in [0, 0.1) is 0 Å². The molecular formula is C15H25N5O2. The molecule has 2 aromatic heterocycles. The van der Waals surface area contributed by atoms with Crippen LogP contribution in [0.15, 0.2) is 9.59 Å². The number of rotatable bonds is 3. The fraction of sp³-hybridized carbons (Fsp3) is 0.667. The Morgan fingerprint density at radius 3 is 2.32 bits per heavy atom. The lowest BCUT2D eigenvalue weighted by Gasteiger charge is -2.19. The Hall–Kier alpha value is -1.89. The first-order chi connectivity index (χ1) is 10.1. The summed E-state index contributed by atoms with van der Waals surface area (Å²) in [4.78, 5) is 29.9. The molecule has 0 aromatic carbocycles. The molecule has 0 saturated heterocycles. The monoisotopic (exact) mass is 307 g/mol. The fourth-order valence-corrected chi connectivity index (χ4v) is 2.71. The molecule has 0 spiro atoms. The third-order valence-corrected chi connectivity index (χ3v) is 3.95. The molecular weight excluding hydrogens is 282 g/mol. The van der Waals surface area contributed by atoms with E-state index < -0.39 is 0 Å². The van der Waals surface area contributed by atoms with Gasteiger partial charge in [0.05, 0.1) is 6.04 Å². The van der Waals surface area contributed by atoms with Gasteiger partial charge in [0, 0.05) is 25.6 Å². The van der Waals surface area contributed by atoms with Crippen molar-refractivity contribution < 1.29 is 0 Å². The number of nitrogens with two attached hydrogens (primary N) is 1. The number of aryl methyl sites for hydroxylation is 2. The van der Waals surface area contributed by atoms with E-state index in [-0.39, 0.29) is 29.3 Å². The zero-order valence-electron chi connectivity index (χ0n) is 14.2. The predicted molar refractivity (Wildman–Crippen MR) is 87.4 cm³/mol. The molecule has 2 N–H and O–H groups in total. The zero-order chi connectivity index (χ0) is 16.8.